The zero-order valence-corrected chi connectivity index (χ0v) is 16.3. The molecule has 2 aromatic rings. The molecule has 1 aliphatic rings. The second-order valence-electron chi connectivity index (χ2n) is 7.36. The molecule has 2 N–H and O–H groups in total. The SMILES string of the molecule is CC(NC(=O)NCC1CCN(c2ccc(F)c(F)c2)C1)c1ccccc1C(F)(F)F. The maximum Gasteiger partial charge on any atom is 0.416 e. The first kappa shape index (κ1) is 21.9. The summed E-state index contributed by atoms with van der Waals surface area (Å²) in [4.78, 5) is 14.1. The van der Waals surface area contributed by atoms with E-state index in [1.165, 1.54) is 31.2 Å². The summed E-state index contributed by atoms with van der Waals surface area (Å²) in [7, 11) is 0. The van der Waals surface area contributed by atoms with Gasteiger partial charge in [0.05, 0.1) is 11.6 Å². The number of hydrogen-bond donors (Lipinski definition) is 2. The molecule has 2 amide bonds. The van der Waals surface area contributed by atoms with Crippen molar-refractivity contribution in [2.75, 3.05) is 24.5 Å². The maximum atomic E-state index is 13.4. The van der Waals surface area contributed by atoms with Gasteiger partial charge in [-0.05, 0) is 43.0 Å². The van der Waals surface area contributed by atoms with Crippen molar-refractivity contribution < 1.29 is 26.7 Å². The smallest absolute Gasteiger partial charge is 0.371 e. The second kappa shape index (κ2) is 8.89. The summed E-state index contributed by atoms with van der Waals surface area (Å²) in [6.45, 7) is 3.00. The van der Waals surface area contributed by atoms with E-state index in [4.69, 9.17) is 0 Å². The number of amides is 2. The van der Waals surface area contributed by atoms with Crippen LogP contribution < -0.4 is 15.5 Å². The van der Waals surface area contributed by atoms with Gasteiger partial charge < -0.3 is 15.5 Å². The highest BCUT2D eigenvalue weighted by molar-refractivity contribution is 5.74. The molecule has 0 spiro atoms. The highest BCUT2D eigenvalue weighted by Gasteiger charge is 2.34. The van der Waals surface area contributed by atoms with Crippen molar-refractivity contribution in [2.45, 2.75) is 25.6 Å². The van der Waals surface area contributed by atoms with E-state index in [2.05, 4.69) is 10.6 Å². The van der Waals surface area contributed by atoms with Crippen LogP contribution in [0, 0.1) is 17.6 Å². The lowest BCUT2D eigenvalue weighted by Gasteiger charge is -2.21. The van der Waals surface area contributed by atoms with Gasteiger partial charge in [-0.25, -0.2) is 13.6 Å². The Labute approximate surface area is 171 Å². The van der Waals surface area contributed by atoms with Crippen molar-refractivity contribution in [3.05, 3.63) is 65.2 Å². The van der Waals surface area contributed by atoms with E-state index in [0.717, 1.165) is 24.6 Å². The van der Waals surface area contributed by atoms with E-state index < -0.39 is 35.4 Å². The van der Waals surface area contributed by atoms with E-state index in [9.17, 15) is 26.7 Å². The Hall–Kier alpha value is -2.84. The Morgan fingerprint density at radius 2 is 1.90 bits per heavy atom. The molecule has 1 saturated heterocycles. The maximum absolute atomic E-state index is 13.4. The van der Waals surface area contributed by atoms with Crippen molar-refractivity contribution in [1.82, 2.24) is 10.6 Å². The molecular weight excluding hydrogens is 405 g/mol. The topological polar surface area (TPSA) is 44.4 Å². The lowest BCUT2D eigenvalue weighted by molar-refractivity contribution is -0.138. The van der Waals surface area contributed by atoms with Gasteiger partial charge in [0.25, 0.3) is 0 Å². The minimum atomic E-state index is -4.50. The number of nitrogens with zero attached hydrogens (tertiary/aromatic N) is 1. The Bertz CT molecular complexity index is 902. The molecule has 1 heterocycles. The first-order chi connectivity index (χ1) is 14.1. The summed E-state index contributed by atoms with van der Waals surface area (Å²) in [5.41, 5.74) is -0.223. The quantitative estimate of drug-likeness (QED) is 0.669. The van der Waals surface area contributed by atoms with Gasteiger partial charge in [0, 0.05) is 31.4 Å². The van der Waals surface area contributed by atoms with Gasteiger partial charge in [0.2, 0.25) is 0 Å². The number of anilines is 1. The molecular formula is C21H22F5N3O. The average Bonchev–Trinajstić information content (AvgIpc) is 3.17. The lowest BCUT2D eigenvalue weighted by atomic mass is 10.0. The highest BCUT2D eigenvalue weighted by Crippen LogP contribution is 2.34. The summed E-state index contributed by atoms with van der Waals surface area (Å²) in [5.74, 6) is -1.74. The van der Waals surface area contributed by atoms with Crippen LogP contribution in [0.15, 0.2) is 42.5 Å². The molecule has 0 aliphatic carbocycles. The van der Waals surface area contributed by atoms with Gasteiger partial charge in [-0.3, -0.25) is 0 Å². The Kier molecular flexibility index (Phi) is 6.48. The molecule has 9 heteroatoms. The molecule has 4 nitrogen and oxygen atoms in total. The summed E-state index contributed by atoms with van der Waals surface area (Å²) < 4.78 is 65.9. The molecule has 0 aromatic heterocycles. The zero-order valence-electron chi connectivity index (χ0n) is 16.3. The Balaban J connectivity index is 1.51. The van der Waals surface area contributed by atoms with Crippen molar-refractivity contribution in [3.63, 3.8) is 0 Å². The van der Waals surface area contributed by atoms with Crippen LogP contribution in [-0.2, 0) is 6.18 Å². The molecule has 30 heavy (non-hydrogen) atoms. The van der Waals surface area contributed by atoms with Crippen molar-refractivity contribution in [1.29, 1.82) is 0 Å². The minimum absolute atomic E-state index is 0.00877. The molecule has 0 radical (unpaired) electrons. The fraction of sp³-hybridized carbons (Fsp3) is 0.381. The summed E-state index contributed by atoms with van der Waals surface area (Å²) in [6, 6.07) is 7.43. The van der Waals surface area contributed by atoms with E-state index in [0.29, 0.717) is 25.3 Å². The van der Waals surface area contributed by atoms with Crippen LogP contribution in [0.1, 0.15) is 30.5 Å². The van der Waals surface area contributed by atoms with Crippen LogP contribution in [-0.4, -0.2) is 25.7 Å². The zero-order chi connectivity index (χ0) is 21.9. The third kappa shape index (κ3) is 5.20. The minimum Gasteiger partial charge on any atom is -0.371 e. The van der Waals surface area contributed by atoms with Crippen LogP contribution in [0.5, 0.6) is 0 Å². The van der Waals surface area contributed by atoms with Crippen LogP contribution in [0.2, 0.25) is 0 Å². The molecule has 2 atom stereocenters. The van der Waals surface area contributed by atoms with E-state index in [1.807, 2.05) is 4.90 Å². The Morgan fingerprint density at radius 1 is 1.17 bits per heavy atom. The van der Waals surface area contributed by atoms with Crippen molar-refractivity contribution in [2.24, 2.45) is 5.92 Å². The fourth-order valence-electron chi connectivity index (χ4n) is 3.61. The molecule has 2 unspecified atom stereocenters. The third-order valence-electron chi connectivity index (χ3n) is 5.19. The summed E-state index contributed by atoms with van der Waals surface area (Å²) >= 11 is 0. The number of carbonyl (C=O) groups excluding carboxylic acids is 1. The van der Waals surface area contributed by atoms with Gasteiger partial charge in [0.1, 0.15) is 0 Å². The summed E-state index contributed by atoms with van der Waals surface area (Å²) in [6.07, 6.45) is -3.76. The van der Waals surface area contributed by atoms with Gasteiger partial charge in [-0.15, -0.1) is 0 Å². The molecule has 0 bridgehead atoms. The van der Waals surface area contributed by atoms with Crippen LogP contribution >= 0.6 is 0 Å². The standard InChI is InChI=1S/C21H22F5N3O/c1-13(16-4-2-3-5-17(16)21(24,25)26)28-20(30)27-11-14-8-9-29(12-14)15-6-7-18(22)19(23)10-15/h2-7,10,13-14H,8-9,11-12H2,1H3,(H2,27,28,30). The second-order valence-corrected chi connectivity index (χ2v) is 7.36. The number of alkyl halides is 3. The van der Waals surface area contributed by atoms with Gasteiger partial charge in [-0.1, -0.05) is 18.2 Å². The fourth-order valence-corrected chi connectivity index (χ4v) is 3.61. The average molecular weight is 427 g/mol. The number of nitrogens with one attached hydrogen (secondary N) is 2. The largest absolute Gasteiger partial charge is 0.416 e. The molecule has 1 fully saturated rings. The molecule has 3 rings (SSSR count). The first-order valence-electron chi connectivity index (χ1n) is 9.55. The lowest BCUT2D eigenvalue weighted by Crippen LogP contribution is -2.40. The first-order valence-corrected chi connectivity index (χ1v) is 9.55. The number of urea groups is 1. The molecule has 0 saturated carbocycles. The molecule has 2 aromatic carbocycles. The van der Waals surface area contributed by atoms with Gasteiger partial charge >= 0.3 is 12.2 Å². The highest BCUT2D eigenvalue weighted by atomic mass is 19.4. The third-order valence-corrected chi connectivity index (χ3v) is 5.19. The van der Waals surface area contributed by atoms with Gasteiger partial charge in [0.15, 0.2) is 11.6 Å². The summed E-state index contributed by atoms with van der Waals surface area (Å²) in [5, 5.41) is 5.22. The van der Waals surface area contributed by atoms with Crippen LogP contribution in [0.3, 0.4) is 0 Å². The van der Waals surface area contributed by atoms with Crippen molar-refractivity contribution >= 4 is 11.7 Å². The molecule has 1 aliphatic heterocycles. The van der Waals surface area contributed by atoms with Crippen molar-refractivity contribution in [3.8, 4) is 0 Å². The number of halogens is 5. The Morgan fingerprint density at radius 3 is 2.60 bits per heavy atom. The number of hydrogen-bond acceptors (Lipinski definition) is 2. The van der Waals surface area contributed by atoms with E-state index >= 15 is 0 Å². The normalized spacial score (nSPS) is 17.7. The predicted octanol–water partition coefficient (Wildman–Crippen LogP) is 4.87. The number of benzene rings is 2. The number of rotatable bonds is 5. The molecule has 162 valence electrons. The van der Waals surface area contributed by atoms with E-state index in [-0.39, 0.29) is 11.5 Å². The predicted molar refractivity (Wildman–Crippen MR) is 103 cm³/mol. The van der Waals surface area contributed by atoms with Crippen LogP contribution in [0.25, 0.3) is 0 Å². The van der Waals surface area contributed by atoms with Crippen LogP contribution in [0.4, 0.5) is 32.4 Å². The van der Waals surface area contributed by atoms with Gasteiger partial charge in [-0.2, -0.15) is 13.2 Å². The number of carbonyl (C=O) groups is 1. The van der Waals surface area contributed by atoms with E-state index in [1.54, 1.807) is 0 Å². The monoisotopic (exact) mass is 427 g/mol.